The van der Waals surface area contributed by atoms with Gasteiger partial charge in [0, 0.05) is 5.39 Å². The molecule has 25 heavy (non-hydrogen) atoms. The number of rotatable bonds is 4. The van der Waals surface area contributed by atoms with Gasteiger partial charge in [-0.15, -0.1) is 11.3 Å². The molecular formula is C17H14N4O3S. The molecule has 0 aliphatic heterocycles. The van der Waals surface area contributed by atoms with E-state index in [0.717, 1.165) is 15.6 Å². The predicted octanol–water partition coefficient (Wildman–Crippen LogP) is 2.21. The number of para-hydroxylation sites is 2. The number of benzene rings is 2. The second-order valence-corrected chi connectivity index (χ2v) is 6.58. The van der Waals surface area contributed by atoms with Gasteiger partial charge in [0.05, 0.1) is 15.7 Å². The van der Waals surface area contributed by atoms with Crippen LogP contribution in [-0.4, -0.2) is 37.4 Å². The van der Waals surface area contributed by atoms with Crippen LogP contribution in [0, 0.1) is 0 Å². The number of aromatic amines is 1. The van der Waals surface area contributed by atoms with Crippen LogP contribution >= 0.6 is 11.3 Å². The van der Waals surface area contributed by atoms with Crippen LogP contribution in [0.2, 0.25) is 0 Å². The van der Waals surface area contributed by atoms with Crippen molar-refractivity contribution < 1.29 is 15.0 Å². The van der Waals surface area contributed by atoms with E-state index in [9.17, 15) is 15.0 Å². The molecule has 0 aliphatic rings. The molecule has 0 aliphatic carbocycles. The molecular weight excluding hydrogens is 340 g/mol. The minimum absolute atomic E-state index is 0.288. The van der Waals surface area contributed by atoms with Crippen molar-refractivity contribution in [3.05, 3.63) is 53.5 Å². The molecule has 4 N–H and O–H groups in total. The van der Waals surface area contributed by atoms with Gasteiger partial charge in [-0.2, -0.15) is 5.10 Å². The van der Waals surface area contributed by atoms with Gasteiger partial charge in [0.1, 0.15) is 11.1 Å². The molecule has 0 saturated carbocycles. The Labute approximate surface area is 146 Å². The Morgan fingerprint density at radius 3 is 2.72 bits per heavy atom. The van der Waals surface area contributed by atoms with E-state index in [2.05, 4.69) is 20.5 Å². The molecule has 0 fully saturated rings. The first-order valence-corrected chi connectivity index (χ1v) is 8.41. The fourth-order valence-corrected chi connectivity index (χ4v) is 3.53. The summed E-state index contributed by atoms with van der Waals surface area (Å²) in [4.78, 5) is 16.6. The molecule has 1 amide bonds. The van der Waals surface area contributed by atoms with Gasteiger partial charge in [0.2, 0.25) is 0 Å². The van der Waals surface area contributed by atoms with Crippen LogP contribution in [-0.2, 0) is 4.79 Å². The molecule has 0 spiro atoms. The zero-order valence-corrected chi connectivity index (χ0v) is 13.7. The SMILES string of the molecule is O=C(Nc1n[nH]c2ccccc12)C(O)C(O)c1nc2ccccc2s1. The van der Waals surface area contributed by atoms with Crippen LogP contribution < -0.4 is 5.32 Å². The van der Waals surface area contributed by atoms with Gasteiger partial charge in [-0.05, 0) is 24.3 Å². The number of aliphatic hydroxyl groups is 2. The summed E-state index contributed by atoms with van der Waals surface area (Å²) in [7, 11) is 0. The zero-order valence-electron chi connectivity index (χ0n) is 12.9. The highest BCUT2D eigenvalue weighted by atomic mass is 32.1. The molecule has 7 nitrogen and oxygen atoms in total. The molecule has 126 valence electrons. The van der Waals surface area contributed by atoms with Crippen molar-refractivity contribution in [2.75, 3.05) is 5.32 Å². The molecule has 0 radical (unpaired) electrons. The zero-order chi connectivity index (χ0) is 17.4. The van der Waals surface area contributed by atoms with Gasteiger partial charge >= 0.3 is 0 Å². The van der Waals surface area contributed by atoms with E-state index in [1.54, 1.807) is 6.07 Å². The third kappa shape index (κ3) is 2.86. The second-order valence-electron chi connectivity index (χ2n) is 5.52. The number of aromatic nitrogens is 3. The number of anilines is 1. The maximum absolute atomic E-state index is 12.3. The quantitative estimate of drug-likeness (QED) is 0.449. The minimum atomic E-state index is -1.66. The second kappa shape index (κ2) is 6.25. The van der Waals surface area contributed by atoms with Gasteiger partial charge in [0.25, 0.3) is 5.91 Å². The highest BCUT2D eigenvalue weighted by Crippen LogP contribution is 2.28. The van der Waals surface area contributed by atoms with Gasteiger partial charge in [0.15, 0.2) is 11.9 Å². The lowest BCUT2D eigenvalue weighted by atomic mass is 10.2. The lowest BCUT2D eigenvalue weighted by Crippen LogP contribution is -2.33. The monoisotopic (exact) mass is 354 g/mol. The first-order valence-electron chi connectivity index (χ1n) is 7.59. The number of carbonyl (C=O) groups is 1. The third-order valence-electron chi connectivity index (χ3n) is 3.84. The van der Waals surface area contributed by atoms with E-state index >= 15 is 0 Å². The number of nitrogens with one attached hydrogen (secondary N) is 2. The van der Waals surface area contributed by atoms with Gasteiger partial charge < -0.3 is 15.5 Å². The lowest BCUT2D eigenvalue weighted by molar-refractivity contribution is -0.129. The standard InChI is InChI=1S/C17H14N4O3S/c22-13(14(23)17-18-11-7-3-4-8-12(11)25-17)16(24)19-15-9-5-1-2-6-10(9)20-21-15/h1-8,13-14,22-23H,(H2,19,20,21,24). The van der Waals surface area contributed by atoms with Crippen molar-refractivity contribution in [2.24, 2.45) is 0 Å². The molecule has 0 bridgehead atoms. The summed E-state index contributed by atoms with van der Waals surface area (Å²) in [6, 6.07) is 14.7. The molecule has 2 aromatic carbocycles. The molecule has 2 aromatic heterocycles. The average Bonchev–Trinajstić information content (AvgIpc) is 3.25. The summed E-state index contributed by atoms with van der Waals surface area (Å²) in [5, 5.41) is 30.9. The molecule has 4 aromatic rings. The summed E-state index contributed by atoms with van der Waals surface area (Å²) in [5.74, 6) is -0.444. The number of nitrogens with zero attached hydrogens (tertiary/aromatic N) is 2. The topological polar surface area (TPSA) is 111 Å². The number of amides is 1. The molecule has 8 heteroatoms. The Morgan fingerprint density at radius 2 is 1.88 bits per heavy atom. The Kier molecular flexibility index (Phi) is 3.92. The normalized spacial score (nSPS) is 13.8. The first-order chi connectivity index (χ1) is 12.1. The highest BCUT2D eigenvalue weighted by molar-refractivity contribution is 7.18. The van der Waals surface area contributed by atoms with E-state index in [1.165, 1.54) is 11.3 Å². The van der Waals surface area contributed by atoms with E-state index in [-0.39, 0.29) is 5.01 Å². The fourth-order valence-electron chi connectivity index (χ4n) is 2.54. The Bertz CT molecular complexity index is 1030. The summed E-state index contributed by atoms with van der Waals surface area (Å²) in [6.45, 7) is 0. The lowest BCUT2D eigenvalue weighted by Gasteiger charge is -2.14. The van der Waals surface area contributed by atoms with E-state index < -0.39 is 18.1 Å². The Balaban J connectivity index is 1.55. The van der Waals surface area contributed by atoms with Gasteiger partial charge in [-0.3, -0.25) is 9.89 Å². The van der Waals surface area contributed by atoms with Gasteiger partial charge in [-0.25, -0.2) is 4.98 Å². The molecule has 0 saturated heterocycles. The van der Waals surface area contributed by atoms with Crippen LogP contribution in [0.25, 0.3) is 21.1 Å². The minimum Gasteiger partial charge on any atom is -0.383 e. The summed E-state index contributed by atoms with van der Waals surface area (Å²) >= 11 is 1.24. The van der Waals surface area contributed by atoms with Crippen LogP contribution in [0.3, 0.4) is 0 Å². The third-order valence-corrected chi connectivity index (χ3v) is 4.95. The van der Waals surface area contributed by atoms with E-state index in [4.69, 9.17) is 0 Å². The van der Waals surface area contributed by atoms with E-state index in [0.29, 0.717) is 11.3 Å². The maximum Gasteiger partial charge on any atom is 0.257 e. The first kappa shape index (κ1) is 15.7. The van der Waals surface area contributed by atoms with Gasteiger partial charge in [-0.1, -0.05) is 24.3 Å². The maximum atomic E-state index is 12.3. The van der Waals surface area contributed by atoms with Crippen molar-refractivity contribution in [3.8, 4) is 0 Å². The molecule has 4 rings (SSSR count). The Morgan fingerprint density at radius 1 is 1.12 bits per heavy atom. The van der Waals surface area contributed by atoms with Crippen molar-refractivity contribution in [3.63, 3.8) is 0 Å². The molecule has 2 unspecified atom stereocenters. The molecule has 2 atom stereocenters. The summed E-state index contributed by atoms with van der Waals surface area (Å²) < 4.78 is 0.877. The van der Waals surface area contributed by atoms with Crippen molar-refractivity contribution >= 4 is 44.2 Å². The number of carbonyl (C=O) groups excluding carboxylic acids is 1. The fraction of sp³-hybridized carbons (Fsp3) is 0.118. The number of fused-ring (bicyclic) bond motifs is 2. The summed E-state index contributed by atoms with van der Waals surface area (Å²) in [5.41, 5.74) is 1.48. The van der Waals surface area contributed by atoms with E-state index in [1.807, 2.05) is 42.5 Å². The van der Waals surface area contributed by atoms with Crippen molar-refractivity contribution in [2.45, 2.75) is 12.2 Å². The van der Waals surface area contributed by atoms with Crippen molar-refractivity contribution in [1.29, 1.82) is 0 Å². The number of hydrogen-bond donors (Lipinski definition) is 4. The number of H-pyrrole nitrogens is 1. The van der Waals surface area contributed by atoms with Crippen LogP contribution in [0.1, 0.15) is 11.1 Å². The average molecular weight is 354 g/mol. The summed E-state index contributed by atoms with van der Waals surface area (Å²) in [6.07, 6.45) is -3.07. The van der Waals surface area contributed by atoms with Crippen LogP contribution in [0.15, 0.2) is 48.5 Å². The van der Waals surface area contributed by atoms with Crippen LogP contribution in [0.4, 0.5) is 5.82 Å². The number of thiazole rings is 1. The number of aliphatic hydroxyl groups excluding tert-OH is 2. The van der Waals surface area contributed by atoms with Crippen LogP contribution in [0.5, 0.6) is 0 Å². The number of hydrogen-bond acceptors (Lipinski definition) is 6. The molecule has 2 heterocycles. The Hall–Kier alpha value is -2.81. The predicted molar refractivity (Wildman–Crippen MR) is 95.3 cm³/mol. The highest BCUT2D eigenvalue weighted by Gasteiger charge is 2.29. The largest absolute Gasteiger partial charge is 0.383 e. The smallest absolute Gasteiger partial charge is 0.257 e. The van der Waals surface area contributed by atoms with Crippen molar-refractivity contribution in [1.82, 2.24) is 15.2 Å².